The zero-order chi connectivity index (χ0) is 11.4. The zero-order valence-electron chi connectivity index (χ0n) is 9.45. The molecule has 0 saturated carbocycles. The molecular formula is C12H17NO2. The van der Waals surface area contributed by atoms with Crippen molar-refractivity contribution in [3.63, 3.8) is 0 Å². The van der Waals surface area contributed by atoms with Crippen LogP contribution in [0.15, 0.2) is 18.2 Å². The summed E-state index contributed by atoms with van der Waals surface area (Å²) in [6.07, 6.45) is 0. The number of hydrogen-bond acceptors (Lipinski definition) is 2. The van der Waals surface area contributed by atoms with Gasteiger partial charge in [-0.25, -0.2) is 4.79 Å². The van der Waals surface area contributed by atoms with E-state index in [1.165, 1.54) is 0 Å². The fourth-order valence-electron chi connectivity index (χ4n) is 1.63. The van der Waals surface area contributed by atoms with E-state index in [0.29, 0.717) is 5.56 Å². The highest BCUT2D eigenvalue weighted by molar-refractivity contribution is 5.90. The number of rotatable bonds is 4. The second-order valence-electron chi connectivity index (χ2n) is 3.48. The van der Waals surface area contributed by atoms with Crippen molar-refractivity contribution >= 4 is 11.7 Å². The second-order valence-corrected chi connectivity index (χ2v) is 3.48. The maximum atomic E-state index is 11.0. The summed E-state index contributed by atoms with van der Waals surface area (Å²) in [5.41, 5.74) is 2.17. The first-order chi connectivity index (χ1) is 7.10. The third kappa shape index (κ3) is 2.49. The molecule has 15 heavy (non-hydrogen) atoms. The number of carboxylic acids is 1. The van der Waals surface area contributed by atoms with Crippen molar-refractivity contribution in [2.24, 2.45) is 0 Å². The van der Waals surface area contributed by atoms with Crippen molar-refractivity contribution < 1.29 is 9.90 Å². The Balaban J connectivity index is 3.11. The molecule has 1 aromatic carbocycles. The molecule has 3 nitrogen and oxygen atoms in total. The van der Waals surface area contributed by atoms with Gasteiger partial charge >= 0.3 is 5.97 Å². The number of hydrogen-bond donors (Lipinski definition) is 1. The monoisotopic (exact) mass is 207 g/mol. The van der Waals surface area contributed by atoms with Crippen LogP contribution in [0.2, 0.25) is 0 Å². The van der Waals surface area contributed by atoms with Gasteiger partial charge in [-0.1, -0.05) is 6.07 Å². The van der Waals surface area contributed by atoms with Gasteiger partial charge in [-0.05, 0) is 38.5 Å². The quantitative estimate of drug-likeness (QED) is 0.824. The van der Waals surface area contributed by atoms with Crippen LogP contribution in [0, 0.1) is 6.92 Å². The Hall–Kier alpha value is -1.51. The summed E-state index contributed by atoms with van der Waals surface area (Å²) in [6, 6.07) is 5.57. The fourth-order valence-corrected chi connectivity index (χ4v) is 1.63. The van der Waals surface area contributed by atoms with Crippen molar-refractivity contribution in [3.8, 4) is 0 Å². The van der Waals surface area contributed by atoms with E-state index in [0.717, 1.165) is 24.3 Å². The van der Waals surface area contributed by atoms with Gasteiger partial charge in [0.05, 0.1) is 5.56 Å². The van der Waals surface area contributed by atoms with Crippen molar-refractivity contribution in [1.29, 1.82) is 0 Å². The lowest BCUT2D eigenvalue weighted by molar-refractivity contribution is 0.0696. The van der Waals surface area contributed by atoms with Crippen LogP contribution < -0.4 is 4.90 Å². The molecule has 0 aliphatic carbocycles. The molecule has 0 bridgehead atoms. The minimum absolute atomic E-state index is 0.388. The summed E-state index contributed by atoms with van der Waals surface area (Å²) >= 11 is 0. The van der Waals surface area contributed by atoms with E-state index in [1.807, 2.05) is 19.1 Å². The van der Waals surface area contributed by atoms with Crippen molar-refractivity contribution in [3.05, 3.63) is 29.3 Å². The largest absolute Gasteiger partial charge is 0.478 e. The second kappa shape index (κ2) is 4.82. The SMILES string of the molecule is CCN(CC)c1ccc(C)c(C(=O)O)c1. The van der Waals surface area contributed by atoms with Gasteiger partial charge in [0.2, 0.25) is 0 Å². The Labute approximate surface area is 90.3 Å². The molecule has 1 N–H and O–H groups in total. The Morgan fingerprint density at radius 2 is 1.93 bits per heavy atom. The van der Waals surface area contributed by atoms with E-state index in [4.69, 9.17) is 5.11 Å². The highest BCUT2D eigenvalue weighted by Crippen LogP contribution is 2.19. The lowest BCUT2D eigenvalue weighted by atomic mass is 10.1. The molecule has 0 radical (unpaired) electrons. The molecular weight excluding hydrogens is 190 g/mol. The Kier molecular flexibility index (Phi) is 3.72. The van der Waals surface area contributed by atoms with Gasteiger partial charge in [-0.15, -0.1) is 0 Å². The lowest BCUT2D eigenvalue weighted by Gasteiger charge is -2.21. The standard InChI is InChI=1S/C12H17NO2/c1-4-13(5-2)10-7-6-9(3)11(8-10)12(14)15/h6-8H,4-5H2,1-3H3,(H,14,15). The topological polar surface area (TPSA) is 40.5 Å². The van der Waals surface area contributed by atoms with Gasteiger partial charge in [0.15, 0.2) is 0 Å². The number of carboxylic acid groups (broad SMARTS) is 1. The third-order valence-corrected chi connectivity index (χ3v) is 2.58. The number of anilines is 1. The van der Waals surface area contributed by atoms with E-state index < -0.39 is 5.97 Å². The summed E-state index contributed by atoms with van der Waals surface area (Å²) < 4.78 is 0. The number of benzene rings is 1. The minimum Gasteiger partial charge on any atom is -0.478 e. The van der Waals surface area contributed by atoms with E-state index in [2.05, 4.69) is 18.7 Å². The fraction of sp³-hybridized carbons (Fsp3) is 0.417. The van der Waals surface area contributed by atoms with Crippen molar-refractivity contribution in [1.82, 2.24) is 0 Å². The highest BCUT2D eigenvalue weighted by atomic mass is 16.4. The van der Waals surface area contributed by atoms with Gasteiger partial charge < -0.3 is 10.0 Å². The summed E-state index contributed by atoms with van der Waals surface area (Å²) in [5, 5.41) is 9.00. The van der Waals surface area contributed by atoms with E-state index in [1.54, 1.807) is 6.07 Å². The number of aromatic carboxylic acids is 1. The Bertz CT molecular complexity index is 357. The molecule has 0 fully saturated rings. The Morgan fingerprint density at radius 1 is 1.33 bits per heavy atom. The predicted molar refractivity (Wildman–Crippen MR) is 61.7 cm³/mol. The van der Waals surface area contributed by atoms with Crippen molar-refractivity contribution in [2.75, 3.05) is 18.0 Å². The summed E-state index contributed by atoms with van der Waals surface area (Å²) in [6.45, 7) is 7.71. The van der Waals surface area contributed by atoms with Crippen LogP contribution in [0.25, 0.3) is 0 Å². The van der Waals surface area contributed by atoms with Gasteiger partial charge in [0.25, 0.3) is 0 Å². The van der Waals surface area contributed by atoms with E-state index in [9.17, 15) is 4.79 Å². The molecule has 0 atom stereocenters. The maximum absolute atomic E-state index is 11.0. The summed E-state index contributed by atoms with van der Waals surface area (Å²) in [7, 11) is 0. The molecule has 0 saturated heterocycles. The third-order valence-electron chi connectivity index (χ3n) is 2.58. The minimum atomic E-state index is -0.860. The number of carbonyl (C=O) groups is 1. The molecule has 1 rings (SSSR count). The zero-order valence-corrected chi connectivity index (χ0v) is 9.45. The molecule has 0 aromatic heterocycles. The maximum Gasteiger partial charge on any atom is 0.336 e. The van der Waals surface area contributed by atoms with Crippen LogP contribution in [0.1, 0.15) is 29.8 Å². The smallest absolute Gasteiger partial charge is 0.336 e. The lowest BCUT2D eigenvalue weighted by Crippen LogP contribution is -2.22. The van der Waals surface area contributed by atoms with Gasteiger partial charge in [-0.2, -0.15) is 0 Å². The van der Waals surface area contributed by atoms with E-state index >= 15 is 0 Å². The molecule has 0 unspecified atom stereocenters. The van der Waals surface area contributed by atoms with Crippen LogP contribution in [0.5, 0.6) is 0 Å². The van der Waals surface area contributed by atoms with Crippen molar-refractivity contribution in [2.45, 2.75) is 20.8 Å². The first kappa shape index (κ1) is 11.6. The highest BCUT2D eigenvalue weighted by Gasteiger charge is 2.09. The van der Waals surface area contributed by atoms with Crippen LogP contribution in [0.4, 0.5) is 5.69 Å². The van der Waals surface area contributed by atoms with Crippen LogP contribution in [-0.2, 0) is 0 Å². The molecule has 3 heteroatoms. The average Bonchev–Trinajstić information content (AvgIpc) is 2.21. The Morgan fingerprint density at radius 3 is 2.40 bits per heavy atom. The summed E-state index contributed by atoms with van der Waals surface area (Å²) in [5.74, 6) is -0.860. The molecule has 0 spiro atoms. The molecule has 0 heterocycles. The van der Waals surface area contributed by atoms with E-state index in [-0.39, 0.29) is 0 Å². The predicted octanol–water partition coefficient (Wildman–Crippen LogP) is 2.54. The first-order valence-electron chi connectivity index (χ1n) is 5.19. The van der Waals surface area contributed by atoms with Gasteiger partial charge in [0.1, 0.15) is 0 Å². The number of aryl methyl sites for hydroxylation is 1. The number of nitrogens with zero attached hydrogens (tertiary/aromatic N) is 1. The average molecular weight is 207 g/mol. The van der Waals surface area contributed by atoms with Crippen LogP contribution >= 0.6 is 0 Å². The first-order valence-corrected chi connectivity index (χ1v) is 5.19. The normalized spacial score (nSPS) is 10.1. The summed E-state index contributed by atoms with van der Waals surface area (Å²) in [4.78, 5) is 13.1. The molecule has 82 valence electrons. The van der Waals surface area contributed by atoms with Gasteiger partial charge in [-0.3, -0.25) is 0 Å². The molecule has 1 aromatic rings. The molecule has 0 aliphatic rings. The van der Waals surface area contributed by atoms with Crippen LogP contribution in [-0.4, -0.2) is 24.2 Å². The van der Waals surface area contributed by atoms with Gasteiger partial charge in [0, 0.05) is 18.8 Å². The molecule has 0 aliphatic heterocycles. The van der Waals surface area contributed by atoms with Crippen LogP contribution in [0.3, 0.4) is 0 Å². The molecule has 0 amide bonds.